The molecule has 0 saturated heterocycles. The molecule has 7 nitrogen and oxygen atoms in total. The van der Waals surface area contributed by atoms with E-state index in [9.17, 15) is 19.4 Å². The number of rotatable bonds is 14. The second kappa shape index (κ2) is 16.8. The zero-order valence-corrected chi connectivity index (χ0v) is 28.1. The minimum atomic E-state index is -0.804. The first-order chi connectivity index (χ1) is 22.1. The predicted molar refractivity (Wildman–Crippen MR) is 187 cm³/mol. The number of aromatic nitrogens is 1. The van der Waals surface area contributed by atoms with Crippen molar-refractivity contribution in [2.75, 3.05) is 32.5 Å². The number of nitrogens with zero attached hydrogens (tertiary/aromatic N) is 2. The van der Waals surface area contributed by atoms with Crippen molar-refractivity contribution in [2.45, 2.75) is 90.3 Å². The molecule has 0 spiro atoms. The number of halogens is 1. The van der Waals surface area contributed by atoms with Crippen molar-refractivity contribution >= 4 is 17.8 Å². The Kier molecular flexibility index (Phi) is 12.9. The summed E-state index contributed by atoms with van der Waals surface area (Å²) in [5.74, 6) is -0.227. The molecule has 8 heteroatoms. The molecule has 0 fully saturated rings. The summed E-state index contributed by atoms with van der Waals surface area (Å²) >= 11 is 0. The Balaban J connectivity index is 1.68. The van der Waals surface area contributed by atoms with Gasteiger partial charge in [0.05, 0.1) is 23.6 Å². The van der Waals surface area contributed by atoms with E-state index in [4.69, 9.17) is 4.98 Å². The molecule has 1 aliphatic rings. The van der Waals surface area contributed by atoms with Gasteiger partial charge in [-0.15, -0.1) is 0 Å². The normalized spacial score (nSPS) is 14.2. The number of carbonyl (C=O) groups is 1. The van der Waals surface area contributed by atoms with E-state index < -0.39 is 12.2 Å². The first-order valence-electron chi connectivity index (χ1n) is 16.8. The van der Waals surface area contributed by atoms with Gasteiger partial charge in [0.1, 0.15) is 5.82 Å². The quantitative estimate of drug-likeness (QED) is 0.138. The minimum Gasteiger partial charge on any atom is -0.393 e. The van der Waals surface area contributed by atoms with E-state index in [0.29, 0.717) is 13.0 Å². The fourth-order valence-electron chi connectivity index (χ4n) is 6.08. The molecule has 2 aromatic carbocycles. The molecule has 1 heterocycles. The highest BCUT2D eigenvalue weighted by atomic mass is 19.1. The Morgan fingerprint density at radius 1 is 1.07 bits per heavy atom. The third-order valence-corrected chi connectivity index (χ3v) is 8.57. The van der Waals surface area contributed by atoms with Crippen molar-refractivity contribution < 1.29 is 19.4 Å². The molecule has 1 aromatic heterocycles. The summed E-state index contributed by atoms with van der Waals surface area (Å²) in [6, 6.07) is 12.4. The number of carbonyl (C=O) groups excluding carboxylic acids is 1. The van der Waals surface area contributed by atoms with Crippen molar-refractivity contribution in [3.63, 3.8) is 0 Å². The van der Waals surface area contributed by atoms with Gasteiger partial charge in [-0.3, -0.25) is 4.98 Å². The number of amides is 2. The summed E-state index contributed by atoms with van der Waals surface area (Å²) in [5, 5.41) is 26.8. The van der Waals surface area contributed by atoms with E-state index in [1.165, 1.54) is 12.1 Å². The van der Waals surface area contributed by atoms with E-state index in [2.05, 4.69) is 49.5 Å². The van der Waals surface area contributed by atoms with Crippen LogP contribution in [-0.4, -0.2) is 65.5 Å². The van der Waals surface area contributed by atoms with Crippen LogP contribution in [0.2, 0.25) is 0 Å². The number of unbranched alkanes of at least 4 members (excludes halogenated alkanes) is 2. The maximum absolute atomic E-state index is 14.1. The highest BCUT2D eigenvalue weighted by Gasteiger charge is 2.25. The number of aryl methyl sites for hydroxylation is 1. The lowest BCUT2D eigenvalue weighted by molar-refractivity contribution is 0.102. The van der Waals surface area contributed by atoms with E-state index in [-0.39, 0.29) is 24.2 Å². The second-order valence-corrected chi connectivity index (χ2v) is 13.0. The van der Waals surface area contributed by atoms with Gasteiger partial charge in [0.2, 0.25) is 0 Å². The van der Waals surface area contributed by atoms with E-state index in [0.717, 1.165) is 95.5 Å². The van der Waals surface area contributed by atoms with Crippen LogP contribution in [-0.2, 0) is 12.8 Å². The maximum Gasteiger partial charge on any atom is 0.319 e. The Morgan fingerprint density at radius 3 is 2.52 bits per heavy atom. The van der Waals surface area contributed by atoms with Crippen LogP contribution in [0.3, 0.4) is 0 Å². The number of pyridine rings is 1. The molecule has 4 N–H and O–H groups in total. The summed E-state index contributed by atoms with van der Waals surface area (Å²) < 4.78 is 14.1. The predicted octanol–water partition coefficient (Wildman–Crippen LogP) is 7.56. The molecule has 2 atom stereocenters. The van der Waals surface area contributed by atoms with Crippen LogP contribution in [0.25, 0.3) is 28.5 Å². The SMILES string of the molecule is CC[C@H](O)C[C@H](O)/C=C/c1c(C(C)C)nc2c(c1-c1ccc(F)cc1)CCCc1cc(NC(=O)NCCCCCN(C)C)ccc1-2. The van der Waals surface area contributed by atoms with Crippen molar-refractivity contribution in [3.05, 3.63) is 76.7 Å². The van der Waals surface area contributed by atoms with Gasteiger partial charge in [0, 0.05) is 29.8 Å². The lowest BCUT2D eigenvalue weighted by atomic mass is 9.86. The zero-order valence-electron chi connectivity index (χ0n) is 28.1. The number of nitrogens with one attached hydrogen (secondary N) is 2. The Labute approximate surface area is 274 Å². The number of fused-ring (bicyclic) bond motifs is 3. The number of aliphatic hydroxyl groups excluding tert-OH is 2. The van der Waals surface area contributed by atoms with Crippen molar-refractivity contribution in [1.82, 2.24) is 15.2 Å². The number of hydrogen-bond acceptors (Lipinski definition) is 5. The number of aliphatic hydroxyl groups is 2. The summed E-state index contributed by atoms with van der Waals surface area (Å²) in [6.07, 6.45) is 8.72. The molecule has 0 radical (unpaired) electrons. The molecular formula is C38H51FN4O3. The average Bonchev–Trinajstić information content (AvgIpc) is 3.20. The summed E-state index contributed by atoms with van der Waals surface area (Å²) in [7, 11) is 4.14. The van der Waals surface area contributed by atoms with E-state index in [1.54, 1.807) is 6.08 Å². The van der Waals surface area contributed by atoms with Gasteiger partial charge < -0.3 is 25.7 Å². The van der Waals surface area contributed by atoms with Gasteiger partial charge in [0.25, 0.3) is 0 Å². The lowest BCUT2D eigenvalue weighted by Gasteiger charge is -2.22. The van der Waals surface area contributed by atoms with Gasteiger partial charge in [-0.05, 0) is 112 Å². The number of urea groups is 1. The molecule has 3 aromatic rings. The third kappa shape index (κ3) is 9.47. The third-order valence-electron chi connectivity index (χ3n) is 8.57. The molecule has 0 bridgehead atoms. The zero-order chi connectivity index (χ0) is 33.2. The fraction of sp³-hybridized carbons (Fsp3) is 0.474. The molecule has 46 heavy (non-hydrogen) atoms. The summed E-state index contributed by atoms with van der Waals surface area (Å²) in [6.45, 7) is 7.78. The van der Waals surface area contributed by atoms with Crippen LogP contribution in [0.5, 0.6) is 0 Å². The van der Waals surface area contributed by atoms with E-state index in [1.807, 2.05) is 37.3 Å². The molecule has 0 aliphatic heterocycles. The first-order valence-corrected chi connectivity index (χ1v) is 16.8. The lowest BCUT2D eigenvalue weighted by Crippen LogP contribution is -2.29. The Hall–Kier alpha value is -3.59. The second-order valence-electron chi connectivity index (χ2n) is 13.0. The van der Waals surface area contributed by atoms with E-state index >= 15 is 0 Å². The standard InChI is InChI=1S/C38H51FN4O3/c1-6-30(44)24-31(45)18-20-34-35(26-13-15-28(39)16-14-26)33-12-10-11-27-23-29(17-19-32(27)37(33)42-36(34)25(2)3)41-38(46)40-21-8-7-9-22-43(4)5/h13-20,23,25,30-31,44-45H,6-12,21-22,24H2,1-5H3,(H2,40,41,46)/b20-18+/t30-,31+/m0/s1. The highest BCUT2D eigenvalue weighted by molar-refractivity contribution is 5.91. The van der Waals surface area contributed by atoms with Gasteiger partial charge in [-0.25, -0.2) is 9.18 Å². The van der Waals surface area contributed by atoms with Crippen molar-refractivity contribution in [1.29, 1.82) is 0 Å². The molecule has 248 valence electrons. The van der Waals surface area contributed by atoms with Crippen LogP contribution in [0.15, 0.2) is 48.5 Å². The molecule has 2 amide bonds. The van der Waals surface area contributed by atoms with Crippen molar-refractivity contribution in [2.24, 2.45) is 0 Å². The molecule has 0 unspecified atom stereocenters. The number of hydrogen-bond donors (Lipinski definition) is 4. The summed E-state index contributed by atoms with van der Waals surface area (Å²) in [4.78, 5) is 20.1. The van der Waals surface area contributed by atoms with Gasteiger partial charge in [-0.1, -0.05) is 57.5 Å². The van der Waals surface area contributed by atoms with Crippen LogP contribution in [0.4, 0.5) is 14.9 Å². The monoisotopic (exact) mass is 630 g/mol. The highest BCUT2D eigenvalue weighted by Crippen LogP contribution is 2.42. The van der Waals surface area contributed by atoms with Crippen LogP contribution in [0.1, 0.15) is 87.6 Å². The van der Waals surface area contributed by atoms with Gasteiger partial charge in [0.15, 0.2) is 0 Å². The van der Waals surface area contributed by atoms with Crippen LogP contribution < -0.4 is 10.6 Å². The van der Waals surface area contributed by atoms with Gasteiger partial charge in [-0.2, -0.15) is 0 Å². The van der Waals surface area contributed by atoms with Gasteiger partial charge >= 0.3 is 6.03 Å². The van der Waals surface area contributed by atoms with Crippen molar-refractivity contribution in [3.8, 4) is 22.4 Å². The first kappa shape index (κ1) is 35.3. The fourth-order valence-corrected chi connectivity index (χ4v) is 6.08. The average molecular weight is 631 g/mol. The largest absolute Gasteiger partial charge is 0.393 e. The number of anilines is 1. The smallest absolute Gasteiger partial charge is 0.319 e. The minimum absolute atomic E-state index is 0.0711. The molecule has 1 aliphatic carbocycles. The number of benzene rings is 2. The maximum atomic E-state index is 14.1. The molecular weight excluding hydrogens is 579 g/mol. The Morgan fingerprint density at radius 2 is 1.83 bits per heavy atom. The molecule has 0 saturated carbocycles. The van der Waals surface area contributed by atoms with Crippen LogP contribution in [0, 0.1) is 5.82 Å². The Bertz CT molecular complexity index is 1490. The summed E-state index contributed by atoms with van der Waals surface area (Å²) in [5.41, 5.74) is 8.58. The topological polar surface area (TPSA) is 97.7 Å². The van der Waals surface area contributed by atoms with Crippen LogP contribution >= 0.6 is 0 Å². The molecule has 4 rings (SSSR count).